The van der Waals surface area contributed by atoms with Crippen LogP contribution in [0.15, 0.2) is 11.6 Å². The van der Waals surface area contributed by atoms with E-state index in [4.69, 9.17) is 4.74 Å². The summed E-state index contributed by atoms with van der Waals surface area (Å²) in [7, 11) is 1.75. The first-order valence-corrected chi connectivity index (χ1v) is 7.52. The Morgan fingerprint density at radius 2 is 2.33 bits per heavy atom. The van der Waals surface area contributed by atoms with Crippen LogP contribution in [-0.2, 0) is 10.3 Å². The Balaban J connectivity index is 2.23. The minimum atomic E-state index is 0.0379. The van der Waals surface area contributed by atoms with Gasteiger partial charge in [0.15, 0.2) is 0 Å². The molecule has 2 atom stereocenters. The van der Waals surface area contributed by atoms with Crippen molar-refractivity contribution >= 4 is 11.3 Å². The molecule has 0 aromatic carbocycles. The van der Waals surface area contributed by atoms with Crippen molar-refractivity contribution in [2.45, 2.75) is 39.2 Å². The lowest BCUT2D eigenvalue weighted by molar-refractivity contribution is 0.169. The molecule has 1 N–H and O–H groups in total. The number of hydrogen-bond acceptors (Lipinski definition) is 4. The molecule has 1 aliphatic rings. The molecule has 2 rings (SSSR count). The van der Waals surface area contributed by atoms with E-state index in [2.05, 4.69) is 36.5 Å². The molecule has 3 nitrogen and oxygen atoms in total. The van der Waals surface area contributed by atoms with Crippen molar-refractivity contribution in [2.75, 3.05) is 20.3 Å². The van der Waals surface area contributed by atoms with E-state index in [1.807, 2.05) is 6.20 Å². The molecule has 2 unspecified atom stereocenters. The number of nitrogens with one attached hydrogen (secondary N) is 1. The second kappa shape index (κ2) is 5.27. The highest BCUT2D eigenvalue weighted by atomic mass is 32.1. The predicted octanol–water partition coefficient (Wildman–Crippen LogP) is 3.03. The second-order valence-electron chi connectivity index (χ2n) is 6.17. The van der Waals surface area contributed by atoms with Crippen molar-refractivity contribution in [3.63, 3.8) is 0 Å². The van der Waals surface area contributed by atoms with Crippen LogP contribution in [0.25, 0.3) is 0 Å². The smallest absolute Gasteiger partial charge is 0.113 e. The summed E-state index contributed by atoms with van der Waals surface area (Å²) in [5.41, 5.74) is 0.418. The van der Waals surface area contributed by atoms with E-state index in [1.165, 1.54) is 11.4 Å². The quantitative estimate of drug-likeness (QED) is 0.834. The number of rotatable bonds is 5. The predicted molar refractivity (Wildman–Crippen MR) is 75.8 cm³/mol. The molecule has 1 aromatic heterocycles. The Kier molecular flexibility index (Phi) is 4.09. The van der Waals surface area contributed by atoms with Crippen LogP contribution in [0.3, 0.4) is 0 Å². The zero-order valence-corrected chi connectivity index (χ0v) is 12.6. The topological polar surface area (TPSA) is 34.1 Å². The summed E-state index contributed by atoms with van der Waals surface area (Å²) in [5, 5.41) is 7.04. The Bertz CT molecular complexity index is 377. The maximum atomic E-state index is 5.17. The lowest BCUT2D eigenvalue weighted by Crippen LogP contribution is -2.46. The highest BCUT2D eigenvalue weighted by Gasteiger charge is 2.50. The molecule has 18 heavy (non-hydrogen) atoms. The van der Waals surface area contributed by atoms with Gasteiger partial charge in [0.1, 0.15) is 5.01 Å². The van der Waals surface area contributed by atoms with Crippen molar-refractivity contribution in [1.82, 2.24) is 10.3 Å². The van der Waals surface area contributed by atoms with Gasteiger partial charge in [-0.3, -0.25) is 0 Å². The van der Waals surface area contributed by atoms with Crippen LogP contribution in [0.4, 0.5) is 0 Å². The number of nitrogens with zero attached hydrogens (tertiary/aromatic N) is 1. The van der Waals surface area contributed by atoms with Gasteiger partial charge >= 0.3 is 0 Å². The summed E-state index contributed by atoms with van der Waals surface area (Å²) in [6.07, 6.45) is 4.31. The zero-order chi connectivity index (χ0) is 13.2. The summed E-state index contributed by atoms with van der Waals surface area (Å²) in [6.45, 7) is 8.69. The van der Waals surface area contributed by atoms with E-state index < -0.39 is 0 Å². The second-order valence-corrected chi connectivity index (χ2v) is 7.07. The molecule has 1 aliphatic carbocycles. The van der Waals surface area contributed by atoms with E-state index in [1.54, 1.807) is 18.4 Å². The molecule has 102 valence electrons. The van der Waals surface area contributed by atoms with Gasteiger partial charge in [-0.05, 0) is 24.2 Å². The molecule has 0 saturated heterocycles. The van der Waals surface area contributed by atoms with E-state index in [0.29, 0.717) is 11.3 Å². The highest BCUT2D eigenvalue weighted by Crippen LogP contribution is 2.52. The van der Waals surface area contributed by atoms with Gasteiger partial charge in [0.05, 0.1) is 12.1 Å². The first-order chi connectivity index (χ1) is 8.50. The first-order valence-electron chi connectivity index (χ1n) is 6.64. The maximum Gasteiger partial charge on any atom is 0.113 e. The van der Waals surface area contributed by atoms with Gasteiger partial charge < -0.3 is 10.1 Å². The van der Waals surface area contributed by atoms with Crippen LogP contribution >= 0.6 is 11.3 Å². The van der Waals surface area contributed by atoms with E-state index in [9.17, 15) is 0 Å². The number of methoxy groups -OCH3 is 1. The molecule has 0 amide bonds. The average molecular weight is 268 g/mol. The lowest BCUT2D eigenvalue weighted by Gasteiger charge is -2.34. The Morgan fingerprint density at radius 1 is 1.56 bits per heavy atom. The van der Waals surface area contributed by atoms with E-state index >= 15 is 0 Å². The van der Waals surface area contributed by atoms with Crippen LogP contribution in [0.2, 0.25) is 0 Å². The molecule has 1 saturated carbocycles. The fourth-order valence-electron chi connectivity index (χ4n) is 3.42. The first kappa shape index (κ1) is 14.0. The number of ether oxygens (including phenoxy) is 1. The van der Waals surface area contributed by atoms with E-state index in [0.717, 1.165) is 19.6 Å². The molecule has 1 fully saturated rings. The normalized spacial score (nSPS) is 30.8. The summed E-state index contributed by atoms with van der Waals surface area (Å²) in [4.78, 5) is 4.58. The van der Waals surface area contributed by atoms with Crippen molar-refractivity contribution in [3.8, 4) is 0 Å². The number of aromatic nitrogens is 1. The number of thiazole rings is 1. The standard InChI is InChI=1S/C14H24N2OS/c1-11-9-13(2,3)10-14(11,16-5-7-17-4)12-15-6-8-18-12/h6,8,11,16H,5,7,9-10H2,1-4H3. The fourth-order valence-corrected chi connectivity index (χ4v) is 4.35. The van der Waals surface area contributed by atoms with Gasteiger partial charge in [-0.15, -0.1) is 11.3 Å². The van der Waals surface area contributed by atoms with Crippen LogP contribution in [0.5, 0.6) is 0 Å². The minimum Gasteiger partial charge on any atom is -0.383 e. The Labute approximate surface area is 114 Å². The lowest BCUT2D eigenvalue weighted by atomic mass is 9.86. The molecular formula is C14H24N2OS. The van der Waals surface area contributed by atoms with Gasteiger partial charge in [-0.2, -0.15) is 0 Å². The zero-order valence-electron chi connectivity index (χ0n) is 11.8. The maximum absolute atomic E-state index is 5.17. The third kappa shape index (κ3) is 2.60. The van der Waals surface area contributed by atoms with Gasteiger partial charge in [-0.25, -0.2) is 4.98 Å². The van der Waals surface area contributed by atoms with Crippen molar-refractivity contribution in [1.29, 1.82) is 0 Å². The average Bonchev–Trinajstić information content (AvgIpc) is 2.86. The molecule has 1 aromatic rings. The van der Waals surface area contributed by atoms with Gasteiger partial charge in [0.2, 0.25) is 0 Å². The molecule has 4 heteroatoms. The Morgan fingerprint density at radius 3 is 2.83 bits per heavy atom. The summed E-state index contributed by atoms with van der Waals surface area (Å²) in [6, 6.07) is 0. The minimum absolute atomic E-state index is 0.0379. The number of hydrogen-bond donors (Lipinski definition) is 1. The third-order valence-electron chi connectivity index (χ3n) is 4.02. The molecule has 0 radical (unpaired) electrons. The Hall–Kier alpha value is -0.450. The van der Waals surface area contributed by atoms with Crippen molar-refractivity contribution in [2.24, 2.45) is 11.3 Å². The largest absolute Gasteiger partial charge is 0.383 e. The summed E-state index contributed by atoms with van der Waals surface area (Å²) < 4.78 is 5.17. The highest BCUT2D eigenvalue weighted by molar-refractivity contribution is 7.09. The molecular weight excluding hydrogens is 244 g/mol. The van der Waals surface area contributed by atoms with Crippen molar-refractivity contribution < 1.29 is 4.74 Å². The SMILES string of the molecule is COCCNC1(c2nccs2)CC(C)(C)CC1C. The molecule has 1 heterocycles. The van der Waals surface area contributed by atoms with Crippen molar-refractivity contribution in [3.05, 3.63) is 16.6 Å². The third-order valence-corrected chi connectivity index (χ3v) is 4.97. The van der Waals surface area contributed by atoms with Gasteiger partial charge in [-0.1, -0.05) is 20.8 Å². The summed E-state index contributed by atoms with van der Waals surface area (Å²) in [5.74, 6) is 0.607. The van der Waals surface area contributed by atoms with Crippen LogP contribution in [-0.4, -0.2) is 25.2 Å². The van der Waals surface area contributed by atoms with E-state index in [-0.39, 0.29) is 5.54 Å². The van der Waals surface area contributed by atoms with Crippen LogP contribution in [0, 0.1) is 11.3 Å². The van der Waals surface area contributed by atoms with Crippen LogP contribution < -0.4 is 5.32 Å². The van der Waals surface area contributed by atoms with Crippen LogP contribution in [0.1, 0.15) is 38.6 Å². The molecule has 0 aliphatic heterocycles. The van der Waals surface area contributed by atoms with Gasteiger partial charge in [0.25, 0.3) is 0 Å². The monoisotopic (exact) mass is 268 g/mol. The summed E-state index contributed by atoms with van der Waals surface area (Å²) >= 11 is 1.77. The molecule has 0 bridgehead atoms. The van der Waals surface area contributed by atoms with Gasteiger partial charge in [0, 0.05) is 25.2 Å². The molecule has 0 spiro atoms. The fraction of sp³-hybridized carbons (Fsp3) is 0.786.